The average Bonchev–Trinajstić information content (AvgIpc) is 2.67. The highest BCUT2D eigenvalue weighted by Gasteiger charge is 2.33. The van der Waals surface area contributed by atoms with E-state index in [9.17, 15) is 26.4 Å². The Labute approximate surface area is 165 Å². The van der Waals surface area contributed by atoms with E-state index in [0.29, 0.717) is 5.56 Å². The summed E-state index contributed by atoms with van der Waals surface area (Å²) < 4.78 is 49.8. The van der Waals surface area contributed by atoms with Crippen molar-refractivity contribution in [3.63, 3.8) is 0 Å². The second-order valence-electron chi connectivity index (χ2n) is 6.78. The quantitative estimate of drug-likeness (QED) is 0.660. The molecule has 1 fully saturated rings. The lowest BCUT2D eigenvalue weighted by Crippen LogP contribution is -2.44. The van der Waals surface area contributed by atoms with Crippen LogP contribution in [0.2, 0.25) is 0 Å². The van der Waals surface area contributed by atoms with Crippen molar-refractivity contribution in [2.24, 2.45) is 0 Å². The van der Waals surface area contributed by atoms with Gasteiger partial charge in [-0.15, -0.1) is 0 Å². The first kappa shape index (κ1) is 22.3. The summed E-state index contributed by atoms with van der Waals surface area (Å²) in [7, 11) is -2.89. The van der Waals surface area contributed by atoms with Crippen LogP contribution in [0.1, 0.15) is 23.2 Å². The summed E-state index contributed by atoms with van der Waals surface area (Å²) in [6, 6.07) is 5.66. The number of rotatable bonds is 6. The van der Waals surface area contributed by atoms with E-state index in [2.05, 4.69) is 5.32 Å². The van der Waals surface area contributed by atoms with Crippen molar-refractivity contribution in [2.45, 2.75) is 23.0 Å². The van der Waals surface area contributed by atoms with Gasteiger partial charge >= 0.3 is 0 Å². The predicted molar refractivity (Wildman–Crippen MR) is 104 cm³/mol. The lowest BCUT2D eigenvalue weighted by Gasteiger charge is -2.31. The molecule has 11 heteroatoms. The number of hydrogen-bond donors (Lipinski definition) is 1. The van der Waals surface area contributed by atoms with Gasteiger partial charge in [-0.25, -0.2) is 21.1 Å². The Bertz CT molecular complexity index is 932. The molecule has 0 bridgehead atoms. The van der Waals surface area contributed by atoms with Crippen molar-refractivity contribution in [1.29, 1.82) is 0 Å². The van der Waals surface area contributed by atoms with E-state index >= 15 is 0 Å². The van der Waals surface area contributed by atoms with Crippen LogP contribution in [0.15, 0.2) is 29.2 Å². The van der Waals surface area contributed by atoms with Gasteiger partial charge < -0.3 is 10.2 Å². The maximum Gasteiger partial charge on any atom is 0.253 e. The molecule has 1 aliphatic rings. The van der Waals surface area contributed by atoms with Gasteiger partial charge in [-0.05, 0) is 37.1 Å². The van der Waals surface area contributed by atoms with Crippen LogP contribution < -0.4 is 5.32 Å². The van der Waals surface area contributed by atoms with E-state index in [0.717, 1.165) is 4.31 Å². The number of carbonyl (C=O) groups is 2. The monoisotopic (exact) mass is 431 g/mol. The van der Waals surface area contributed by atoms with Crippen LogP contribution in [-0.2, 0) is 24.7 Å². The molecule has 0 radical (unpaired) electrons. The van der Waals surface area contributed by atoms with Gasteiger partial charge in [0, 0.05) is 39.8 Å². The number of benzene rings is 1. The van der Waals surface area contributed by atoms with Gasteiger partial charge in [0.15, 0.2) is 9.84 Å². The number of sulfonamides is 1. The summed E-state index contributed by atoms with van der Waals surface area (Å²) in [4.78, 5) is 25.6. The van der Waals surface area contributed by atoms with E-state index in [1.165, 1.54) is 45.4 Å². The summed E-state index contributed by atoms with van der Waals surface area (Å²) in [5, 5.41) is 1.65. The SMILES string of the molecule is CNC(=O)CS(=O)(=O)C1CCN(C(=O)c2ccc(S(=O)(=O)N(C)C)cc2)CC1. The van der Waals surface area contributed by atoms with E-state index in [-0.39, 0.29) is 36.7 Å². The largest absolute Gasteiger partial charge is 0.358 e. The summed E-state index contributed by atoms with van der Waals surface area (Å²) >= 11 is 0. The number of piperidine rings is 1. The molecule has 0 spiro atoms. The van der Waals surface area contributed by atoms with Crippen molar-refractivity contribution in [2.75, 3.05) is 40.0 Å². The molecule has 0 saturated carbocycles. The highest BCUT2D eigenvalue weighted by Crippen LogP contribution is 2.21. The molecule has 156 valence electrons. The van der Waals surface area contributed by atoms with Gasteiger partial charge in [-0.3, -0.25) is 9.59 Å². The molecule has 0 unspecified atom stereocenters. The van der Waals surface area contributed by atoms with Crippen molar-refractivity contribution in [1.82, 2.24) is 14.5 Å². The number of nitrogens with zero attached hydrogens (tertiary/aromatic N) is 2. The zero-order valence-corrected chi connectivity index (χ0v) is 17.7. The molecule has 9 nitrogen and oxygen atoms in total. The number of sulfone groups is 1. The van der Waals surface area contributed by atoms with Crippen LogP contribution in [0, 0.1) is 0 Å². The van der Waals surface area contributed by atoms with E-state index < -0.39 is 36.8 Å². The Morgan fingerprint density at radius 3 is 2.07 bits per heavy atom. The van der Waals surface area contributed by atoms with Crippen LogP contribution in [0.25, 0.3) is 0 Å². The molecule has 0 atom stereocenters. The first-order valence-electron chi connectivity index (χ1n) is 8.73. The molecule has 1 aromatic rings. The number of amides is 2. The fourth-order valence-electron chi connectivity index (χ4n) is 2.95. The molecular weight excluding hydrogens is 406 g/mol. The van der Waals surface area contributed by atoms with Crippen molar-refractivity contribution >= 4 is 31.7 Å². The molecule has 1 heterocycles. The molecule has 2 amide bonds. The molecule has 0 aromatic heterocycles. The van der Waals surface area contributed by atoms with Crippen LogP contribution >= 0.6 is 0 Å². The molecule has 1 aliphatic heterocycles. The minimum atomic E-state index is -3.57. The van der Waals surface area contributed by atoms with Gasteiger partial charge in [0.25, 0.3) is 5.91 Å². The highest BCUT2D eigenvalue weighted by molar-refractivity contribution is 7.92. The predicted octanol–water partition coefficient (Wildman–Crippen LogP) is -0.298. The first-order valence-corrected chi connectivity index (χ1v) is 11.9. The Kier molecular flexibility index (Phi) is 6.84. The van der Waals surface area contributed by atoms with Gasteiger partial charge in [0.1, 0.15) is 5.75 Å². The van der Waals surface area contributed by atoms with Gasteiger partial charge in [-0.1, -0.05) is 0 Å². The Morgan fingerprint density at radius 2 is 1.61 bits per heavy atom. The third-order valence-electron chi connectivity index (χ3n) is 4.73. The van der Waals surface area contributed by atoms with E-state index in [1.54, 1.807) is 4.90 Å². The van der Waals surface area contributed by atoms with Crippen LogP contribution in [0.4, 0.5) is 0 Å². The average molecular weight is 432 g/mol. The van der Waals surface area contributed by atoms with E-state index in [1.807, 2.05) is 0 Å². The minimum Gasteiger partial charge on any atom is -0.358 e. The fraction of sp³-hybridized carbons (Fsp3) is 0.529. The summed E-state index contributed by atoms with van der Waals surface area (Å²) in [6.07, 6.45) is 0.524. The molecular formula is C17H25N3O6S2. The molecule has 2 rings (SSSR count). The molecule has 1 saturated heterocycles. The first-order chi connectivity index (χ1) is 13.0. The standard InChI is InChI=1S/C17H25N3O6S2/c1-18-16(21)12-27(23,24)14-8-10-20(11-9-14)17(22)13-4-6-15(7-5-13)28(25,26)19(2)3/h4-7,14H,8-12H2,1-3H3,(H,18,21). The molecule has 1 aromatic carbocycles. The molecule has 28 heavy (non-hydrogen) atoms. The second-order valence-corrected chi connectivity index (χ2v) is 11.2. The molecule has 1 N–H and O–H groups in total. The number of nitrogens with one attached hydrogen (secondary N) is 1. The van der Waals surface area contributed by atoms with Crippen molar-refractivity contribution < 1.29 is 26.4 Å². The summed E-state index contributed by atoms with van der Waals surface area (Å²) in [5.74, 6) is -1.38. The van der Waals surface area contributed by atoms with Crippen LogP contribution in [0.3, 0.4) is 0 Å². The summed E-state index contributed by atoms with van der Waals surface area (Å²) in [6.45, 7) is 0.516. The third-order valence-corrected chi connectivity index (χ3v) is 8.71. The number of carbonyl (C=O) groups excluding carboxylic acids is 2. The number of hydrogen-bond acceptors (Lipinski definition) is 6. The maximum absolute atomic E-state index is 12.6. The normalized spacial score (nSPS) is 16.2. The second kappa shape index (κ2) is 8.58. The van der Waals surface area contributed by atoms with Crippen LogP contribution in [0.5, 0.6) is 0 Å². The lowest BCUT2D eigenvalue weighted by molar-refractivity contribution is -0.118. The lowest BCUT2D eigenvalue weighted by atomic mass is 10.1. The third kappa shape index (κ3) is 4.89. The van der Waals surface area contributed by atoms with Gasteiger partial charge in [0.05, 0.1) is 10.1 Å². The Balaban J connectivity index is 2.03. The van der Waals surface area contributed by atoms with Gasteiger partial charge in [-0.2, -0.15) is 0 Å². The summed E-state index contributed by atoms with van der Waals surface area (Å²) in [5.41, 5.74) is 0.337. The topological polar surface area (TPSA) is 121 Å². The zero-order chi connectivity index (χ0) is 21.1. The Hall–Kier alpha value is -1.98. The number of likely N-dealkylation sites (tertiary alicyclic amines) is 1. The fourth-order valence-corrected chi connectivity index (χ4v) is 5.53. The Morgan fingerprint density at radius 1 is 1.07 bits per heavy atom. The smallest absolute Gasteiger partial charge is 0.253 e. The maximum atomic E-state index is 12.6. The molecule has 0 aliphatic carbocycles. The van der Waals surface area contributed by atoms with Gasteiger partial charge in [0.2, 0.25) is 15.9 Å². The van der Waals surface area contributed by atoms with Crippen molar-refractivity contribution in [3.8, 4) is 0 Å². The minimum absolute atomic E-state index is 0.0908. The van der Waals surface area contributed by atoms with E-state index in [4.69, 9.17) is 0 Å². The van der Waals surface area contributed by atoms with Crippen LogP contribution in [-0.4, -0.2) is 83.1 Å². The van der Waals surface area contributed by atoms with Crippen molar-refractivity contribution in [3.05, 3.63) is 29.8 Å². The zero-order valence-electron chi connectivity index (χ0n) is 16.1. The highest BCUT2D eigenvalue weighted by atomic mass is 32.2.